The zero-order chi connectivity index (χ0) is 16.9. The minimum Gasteiger partial charge on any atom is -0.325 e. The van der Waals surface area contributed by atoms with E-state index in [1.165, 1.54) is 5.56 Å². The Morgan fingerprint density at radius 3 is 2.58 bits per heavy atom. The monoisotopic (exact) mass is 320 g/mol. The maximum absolute atomic E-state index is 12.1. The van der Waals surface area contributed by atoms with Gasteiger partial charge in [0.2, 0.25) is 5.91 Å². The molecule has 5 heteroatoms. The predicted molar refractivity (Wildman–Crippen MR) is 93.9 cm³/mol. The quantitative estimate of drug-likeness (QED) is 0.758. The molecule has 0 spiro atoms. The Bertz CT molecular complexity index is 837. The molecule has 0 fully saturated rings. The van der Waals surface area contributed by atoms with Gasteiger partial charge in [0, 0.05) is 12.1 Å². The van der Waals surface area contributed by atoms with E-state index >= 15 is 0 Å². The highest BCUT2D eigenvalue weighted by Crippen LogP contribution is 2.13. The minimum absolute atomic E-state index is 0.120. The second-order valence-electron chi connectivity index (χ2n) is 5.90. The molecule has 3 aromatic rings. The van der Waals surface area contributed by atoms with E-state index in [1.807, 2.05) is 31.2 Å². The van der Waals surface area contributed by atoms with Gasteiger partial charge in [-0.25, -0.2) is 4.98 Å². The topological polar surface area (TPSA) is 70.7 Å². The summed E-state index contributed by atoms with van der Waals surface area (Å²) in [5.74, 6) is 1.14. The zero-order valence-electron chi connectivity index (χ0n) is 13.8. The molecule has 2 aromatic carbocycles. The van der Waals surface area contributed by atoms with Crippen molar-refractivity contribution in [3.8, 4) is 0 Å². The van der Waals surface area contributed by atoms with Gasteiger partial charge in [-0.3, -0.25) is 9.89 Å². The van der Waals surface area contributed by atoms with Crippen molar-refractivity contribution in [3.63, 3.8) is 0 Å². The van der Waals surface area contributed by atoms with Gasteiger partial charge in [0.15, 0.2) is 5.82 Å². The lowest BCUT2D eigenvalue weighted by molar-refractivity contribution is -0.115. The predicted octanol–water partition coefficient (Wildman–Crippen LogP) is 3.19. The Morgan fingerprint density at radius 2 is 1.83 bits per heavy atom. The van der Waals surface area contributed by atoms with Crippen LogP contribution < -0.4 is 5.32 Å². The first kappa shape index (κ1) is 15.9. The van der Waals surface area contributed by atoms with Crippen molar-refractivity contribution in [1.29, 1.82) is 0 Å². The van der Waals surface area contributed by atoms with Crippen molar-refractivity contribution in [2.45, 2.75) is 26.7 Å². The molecular weight excluding hydrogens is 300 g/mol. The molecule has 24 heavy (non-hydrogen) atoms. The molecule has 0 aliphatic rings. The van der Waals surface area contributed by atoms with Crippen molar-refractivity contribution in [3.05, 3.63) is 76.9 Å². The summed E-state index contributed by atoms with van der Waals surface area (Å²) in [6.45, 7) is 4.02. The number of nitrogens with zero attached hydrogens (tertiary/aromatic N) is 2. The van der Waals surface area contributed by atoms with Crippen molar-refractivity contribution in [1.82, 2.24) is 15.2 Å². The van der Waals surface area contributed by atoms with Crippen LogP contribution >= 0.6 is 0 Å². The van der Waals surface area contributed by atoms with E-state index in [2.05, 4.69) is 51.7 Å². The van der Waals surface area contributed by atoms with Crippen LogP contribution in [0.4, 0.5) is 5.69 Å². The van der Waals surface area contributed by atoms with Gasteiger partial charge in [-0.1, -0.05) is 48.0 Å². The molecule has 0 saturated heterocycles. The van der Waals surface area contributed by atoms with E-state index in [1.54, 1.807) is 0 Å². The molecule has 3 rings (SSSR count). The fourth-order valence-electron chi connectivity index (χ4n) is 2.44. The van der Waals surface area contributed by atoms with E-state index in [4.69, 9.17) is 0 Å². The van der Waals surface area contributed by atoms with Crippen molar-refractivity contribution in [2.24, 2.45) is 0 Å². The van der Waals surface area contributed by atoms with Gasteiger partial charge in [-0.05, 0) is 31.0 Å². The third-order valence-corrected chi connectivity index (χ3v) is 3.81. The first-order valence-electron chi connectivity index (χ1n) is 7.91. The largest absolute Gasteiger partial charge is 0.325 e. The summed E-state index contributed by atoms with van der Waals surface area (Å²) >= 11 is 0. The molecule has 0 atom stereocenters. The molecule has 0 radical (unpaired) electrons. The molecule has 0 aliphatic heterocycles. The van der Waals surface area contributed by atoms with Crippen LogP contribution in [0.1, 0.15) is 28.3 Å². The molecule has 5 nitrogen and oxygen atoms in total. The second kappa shape index (κ2) is 7.08. The third-order valence-electron chi connectivity index (χ3n) is 3.81. The molecule has 1 heterocycles. The molecule has 0 aliphatic carbocycles. The molecule has 0 unspecified atom stereocenters. The summed E-state index contributed by atoms with van der Waals surface area (Å²) in [5, 5.41) is 9.94. The third kappa shape index (κ3) is 4.07. The number of rotatable bonds is 5. The average molecular weight is 320 g/mol. The molecule has 122 valence electrons. The van der Waals surface area contributed by atoms with Crippen LogP contribution in [0.15, 0.2) is 48.5 Å². The summed E-state index contributed by atoms with van der Waals surface area (Å²) in [4.78, 5) is 16.5. The van der Waals surface area contributed by atoms with Gasteiger partial charge in [0.1, 0.15) is 5.82 Å². The number of para-hydroxylation sites is 1. The maximum Gasteiger partial charge on any atom is 0.232 e. The number of carbonyl (C=O) groups excluding carboxylic acids is 1. The van der Waals surface area contributed by atoms with Crippen LogP contribution in [0.25, 0.3) is 0 Å². The Labute approximate surface area is 141 Å². The van der Waals surface area contributed by atoms with E-state index in [9.17, 15) is 4.79 Å². The van der Waals surface area contributed by atoms with Crippen LogP contribution in [-0.2, 0) is 17.6 Å². The van der Waals surface area contributed by atoms with E-state index in [-0.39, 0.29) is 12.3 Å². The number of hydrogen-bond donors (Lipinski definition) is 2. The number of aromatic amines is 1. The van der Waals surface area contributed by atoms with Crippen molar-refractivity contribution >= 4 is 11.6 Å². The van der Waals surface area contributed by atoms with Gasteiger partial charge < -0.3 is 5.32 Å². The first-order valence-corrected chi connectivity index (χ1v) is 7.91. The summed E-state index contributed by atoms with van der Waals surface area (Å²) in [7, 11) is 0. The minimum atomic E-state index is -0.120. The average Bonchev–Trinajstić information content (AvgIpc) is 2.99. The van der Waals surface area contributed by atoms with Crippen LogP contribution in [-0.4, -0.2) is 21.1 Å². The highest BCUT2D eigenvalue weighted by atomic mass is 16.1. The maximum atomic E-state index is 12.1. The van der Waals surface area contributed by atoms with Gasteiger partial charge in [-0.2, -0.15) is 5.10 Å². The smallest absolute Gasteiger partial charge is 0.232 e. The number of hydrogen-bond acceptors (Lipinski definition) is 3. The highest BCUT2D eigenvalue weighted by Gasteiger charge is 2.10. The Hall–Kier alpha value is -2.95. The lowest BCUT2D eigenvalue weighted by atomic mass is 10.1. The highest BCUT2D eigenvalue weighted by molar-refractivity contribution is 5.92. The van der Waals surface area contributed by atoms with Crippen molar-refractivity contribution in [2.75, 3.05) is 5.32 Å². The van der Waals surface area contributed by atoms with E-state index in [0.717, 1.165) is 22.6 Å². The number of carbonyl (C=O) groups is 1. The Morgan fingerprint density at radius 1 is 1.08 bits per heavy atom. The summed E-state index contributed by atoms with van der Waals surface area (Å²) in [6, 6.07) is 16.0. The zero-order valence-corrected chi connectivity index (χ0v) is 13.8. The molecule has 1 amide bonds. The SMILES string of the molecule is Cc1ccc(Cc2nc(CC(=O)Nc3ccccc3C)n[nH]2)cc1. The molecule has 0 saturated carbocycles. The number of H-pyrrole nitrogens is 1. The van der Waals surface area contributed by atoms with Gasteiger partial charge >= 0.3 is 0 Å². The molecule has 2 N–H and O–H groups in total. The fourth-order valence-corrected chi connectivity index (χ4v) is 2.44. The molecule has 0 bridgehead atoms. The fraction of sp³-hybridized carbons (Fsp3) is 0.211. The van der Waals surface area contributed by atoms with Crippen LogP contribution in [0.5, 0.6) is 0 Å². The normalized spacial score (nSPS) is 10.6. The summed E-state index contributed by atoms with van der Waals surface area (Å²) < 4.78 is 0. The standard InChI is InChI=1S/C19H20N4O/c1-13-7-9-15(10-8-13)11-17-21-18(23-22-17)12-19(24)20-16-6-4-3-5-14(16)2/h3-10H,11-12H2,1-2H3,(H,20,24)(H,21,22,23). The first-order chi connectivity index (χ1) is 11.6. The van der Waals surface area contributed by atoms with Gasteiger partial charge in [0.05, 0.1) is 6.42 Å². The Balaban J connectivity index is 1.60. The Kier molecular flexibility index (Phi) is 4.70. The van der Waals surface area contributed by atoms with E-state index < -0.39 is 0 Å². The lowest BCUT2D eigenvalue weighted by Crippen LogP contribution is -2.16. The number of amides is 1. The number of benzene rings is 2. The number of aryl methyl sites for hydroxylation is 2. The van der Waals surface area contributed by atoms with Gasteiger partial charge in [-0.15, -0.1) is 0 Å². The number of anilines is 1. The summed E-state index contributed by atoms with van der Waals surface area (Å²) in [5.41, 5.74) is 4.23. The van der Waals surface area contributed by atoms with Gasteiger partial charge in [0.25, 0.3) is 0 Å². The number of nitrogens with one attached hydrogen (secondary N) is 2. The van der Waals surface area contributed by atoms with Crippen LogP contribution in [0.2, 0.25) is 0 Å². The van der Waals surface area contributed by atoms with E-state index in [0.29, 0.717) is 12.2 Å². The lowest BCUT2D eigenvalue weighted by Gasteiger charge is -2.06. The van der Waals surface area contributed by atoms with Crippen LogP contribution in [0.3, 0.4) is 0 Å². The number of aromatic nitrogens is 3. The van der Waals surface area contributed by atoms with Crippen LogP contribution in [0, 0.1) is 13.8 Å². The second-order valence-corrected chi connectivity index (χ2v) is 5.90. The van der Waals surface area contributed by atoms with Crippen molar-refractivity contribution < 1.29 is 4.79 Å². The molecule has 1 aromatic heterocycles. The molecular formula is C19H20N4O. The summed E-state index contributed by atoms with van der Waals surface area (Å²) in [6.07, 6.45) is 0.825.